The van der Waals surface area contributed by atoms with E-state index in [4.69, 9.17) is 28.0 Å². The molecule has 0 saturated heterocycles. The van der Waals surface area contributed by atoms with E-state index in [1.807, 2.05) is 13.8 Å². The Morgan fingerprint density at radius 1 is 0.644 bits per heavy atom. The number of benzene rings is 1. The van der Waals surface area contributed by atoms with Gasteiger partial charge in [0.05, 0.1) is 0 Å². The van der Waals surface area contributed by atoms with E-state index in [-0.39, 0.29) is 62.9 Å². The molecule has 19 nitrogen and oxygen atoms in total. The number of hydrogen-bond acceptors (Lipinski definition) is 10. The Morgan fingerprint density at radius 3 is 1.56 bits per heavy atom. The molecule has 0 aliphatic carbocycles. The minimum atomic E-state index is -1.26. The number of carbonyl (C=O) groups excluding carboxylic acids is 6. The third kappa shape index (κ3) is 21.9. The van der Waals surface area contributed by atoms with Crippen molar-refractivity contribution in [1.29, 1.82) is 0 Å². The quantitative estimate of drug-likeness (QED) is 0.0283. The van der Waals surface area contributed by atoms with E-state index in [0.717, 1.165) is 0 Å². The molecule has 0 unspecified atom stereocenters. The van der Waals surface area contributed by atoms with E-state index >= 15 is 0 Å². The van der Waals surface area contributed by atoms with Gasteiger partial charge in [0.15, 0.2) is 5.96 Å². The number of nitrogens with zero attached hydrogens (tertiary/aromatic N) is 1. The topological polar surface area (TPSA) is 328 Å². The van der Waals surface area contributed by atoms with Gasteiger partial charge in [-0.2, -0.15) is 0 Å². The van der Waals surface area contributed by atoms with Gasteiger partial charge in [0, 0.05) is 18.4 Å². The molecule has 0 aliphatic rings. The van der Waals surface area contributed by atoms with Gasteiger partial charge in [-0.1, -0.05) is 65.0 Å². The number of aliphatic imine (C=N–C) groups is 1. The van der Waals surface area contributed by atoms with Crippen molar-refractivity contribution in [2.45, 2.75) is 129 Å². The smallest absolute Gasteiger partial charge is 0.322 e. The van der Waals surface area contributed by atoms with Crippen molar-refractivity contribution in [3.05, 3.63) is 35.9 Å². The van der Waals surface area contributed by atoms with Crippen molar-refractivity contribution in [3.8, 4) is 0 Å². The number of amides is 6. The lowest BCUT2D eigenvalue weighted by Gasteiger charge is -2.28. The predicted molar refractivity (Wildman–Crippen MR) is 225 cm³/mol. The maximum Gasteiger partial charge on any atom is 0.322 e. The lowest BCUT2D eigenvalue weighted by atomic mass is 9.94. The summed E-state index contributed by atoms with van der Waals surface area (Å²) in [6.45, 7) is 9.03. The zero-order valence-electron chi connectivity index (χ0n) is 35.3. The van der Waals surface area contributed by atoms with Crippen molar-refractivity contribution in [1.82, 2.24) is 31.9 Å². The number of carboxylic acid groups (broad SMARTS) is 1. The maximum atomic E-state index is 14.0. The molecule has 19 heteroatoms. The Kier molecular flexibility index (Phi) is 24.0. The second-order valence-corrected chi connectivity index (χ2v) is 16.0. The maximum absolute atomic E-state index is 14.0. The number of unbranched alkanes of at least 4 members (excludes halogenated alkanes) is 2. The molecular formula is C40H69N11O8. The van der Waals surface area contributed by atoms with Gasteiger partial charge in [0.1, 0.15) is 36.8 Å². The number of carboxylic acids is 1. The summed E-state index contributed by atoms with van der Waals surface area (Å²) in [6, 6.07) is 3.17. The van der Waals surface area contributed by atoms with Gasteiger partial charge < -0.3 is 59.9 Å². The molecule has 1 aromatic carbocycles. The summed E-state index contributed by atoms with van der Waals surface area (Å²) in [7, 11) is 0. The van der Waals surface area contributed by atoms with Crippen LogP contribution in [0.3, 0.4) is 0 Å². The van der Waals surface area contributed by atoms with Crippen LogP contribution in [0.4, 0.5) is 0 Å². The summed E-state index contributed by atoms with van der Waals surface area (Å²) in [5.74, 6) is -5.27. The lowest BCUT2D eigenvalue weighted by Crippen LogP contribution is -2.59. The first kappa shape index (κ1) is 51.7. The fourth-order valence-corrected chi connectivity index (χ4v) is 5.81. The Morgan fingerprint density at radius 2 is 1.10 bits per heavy atom. The second kappa shape index (κ2) is 27.4. The van der Waals surface area contributed by atoms with Crippen molar-refractivity contribution >= 4 is 47.4 Å². The number of hydrogen-bond donors (Lipinski definition) is 11. The van der Waals surface area contributed by atoms with E-state index in [1.165, 1.54) is 0 Å². The normalized spacial score (nSPS) is 13.8. The van der Waals surface area contributed by atoms with Gasteiger partial charge in [-0.05, 0) is 82.4 Å². The van der Waals surface area contributed by atoms with Crippen LogP contribution in [0.2, 0.25) is 0 Å². The monoisotopic (exact) mass is 832 g/mol. The molecule has 0 spiro atoms. The zero-order chi connectivity index (χ0) is 44.5. The van der Waals surface area contributed by atoms with E-state index in [0.29, 0.717) is 44.3 Å². The SMILES string of the molecule is CC(C)C[C@H](NC(=O)[C@H](CCCCN)NC(=O)[C@H](CCCN=C(N)N)NC(=O)[C@H](CCCCN)NC(=O)C(C)(C)C)C(=O)N[C@@H](Cc1ccccc1)C(=O)NCC(=O)O. The van der Waals surface area contributed by atoms with Crippen LogP contribution in [-0.4, -0.2) is 109 Å². The third-order valence-corrected chi connectivity index (χ3v) is 9.08. The lowest BCUT2D eigenvalue weighted by molar-refractivity contribution is -0.138. The molecule has 6 amide bonds. The van der Waals surface area contributed by atoms with E-state index in [9.17, 15) is 33.6 Å². The average molecular weight is 832 g/mol. The van der Waals surface area contributed by atoms with Crippen LogP contribution in [-0.2, 0) is 40.0 Å². The molecule has 1 rings (SSSR count). The van der Waals surface area contributed by atoms with Crippen LogP contribution in [0.25, 0.3) is 0 Å². The summed E-state index contributed by atoms with van der Waals surface area (Å²) >= 11 is 0. The van der Waals surface area contributed by atoms with Gasteiger partial charge in [-0.3, -0.25) is 38.6 Å². The van der Waals surface area contributed by atoms with E-state index < -0.39 is 77.7 Å². The predicted octanol–water partition coefficient (Wildman–Crippen LogP) is -0.742. The zero-order valence-corrected chi connectivity index (χ0v) is 35.3. The minimum Gasteiger partial charge on any atom is -0.480 e. The summed E-state index contributed by atoms with van der Waals surface area (Å²) in [5, 5.41) is 25.2. The molecule has 0 aliphatic heterocycles. The molecular weight excluding hydrogens is 763 g/mol. The Hall–Kier alpha value is -5.30. The molecule has 5 atom stereocenters. The summed E-state index contributed by atoms with van der Waals surface area (Å²) in [5.41, 5.74) is 22.3. The largest absolute Gasteiger partial charge is 0.480 e. The Balaban J connectivity index is 3.42. The number of nitrogens with one attached hydrogen (secondary N) is 6. The van der Waals surface area contributed by atoms with Gasteiger partial charge >= 0.3 is 5.97 Å². The van der Waals surface area contributed by atoms with Gasteiger partial charge in [-0.15, -0.1) is 0 Å². The summed E-state index contributed by atoms with van der Waals surface area (Å²) < 4.78 is 0. The molecule has 0 aromatic heterocycles. The van der Waals surface area contributed by atoms with E-state index in [2.05, 4.69) is 36.9 Å². The van der Waals surface area contributed by atoms with Crippen molar-refractivity contribution in [3.63, 3.8) is 0 Å². The molecule has 0 heterocycles. The Bertz CT molecular complexity index is 1530. The first-order valence-electron chi connectivity index (χ1n) is 20.3. The molecule has 15 N–H and O–H groups in total. The van der Waals surface area contributed by atoms with Gasteiger partial charge in [-0.25, -0.2) is 0 Å². The fourth-order valence-electron chi connectivity index (χ4n) is 5.81. The van der Waals surface area contributed by atoms with Gasteiger partial charge in [0.2, 0.25) is 35.4 Å². The standard InChI is InChI=1S/C40H69N11O8/c1-25(2)22-30(37(58)50-31(33(54)46-24-32(52)53)23-26-14-7-6-8-15-26)49-35(56)27(16-9-11-19-41)47-34(55)28(18-13-21-45-39(43)44)48-36(57)29(17-10-12-20-42)51-38(59)40(3,4)5/h6-8,14-15,25,27-31H,9-13,16-24,41-42H2,1-5H3,(H,46,54)(H,47,55)(H,48,57)(H,49,56)(H,50,58)(H,51,59)(H,52,53)(H4,43,44,45)/t27-,28-,29-,30-,31-/m0/s1. The number of rotatable bonds is 28. The molecule has 332 valence electrons. The highest BCUT2D eigenvalue weighted by molar-refractivity contribution is 5.97. The van der Waals surface area contributed by atoms with E-state index in [1.54, 1.807) is 51.1 Å². The van der Waals surface area contributed by atoms with Gasteiger partial charge in [0.25, 0.3) is 0 Å². The van der Waals surface area contributed by atoms with Crippen LogP contribution < -0.4 is 54.8 Å². The van der Waals surface area contributed by atoms with Crippen molar-refractivity contribution < 1.29 is 38.7 Å². The summed E-state index contributed by atoms with van der Waals surface area (Å²) in [6.07, 6.45) is 3.05. The highest BCUT2D eigenvalue weighted by Crippen LogP contribution is 2.15. The fraction of sp³-hybridized carbons (Fsp3) is 0.650. The molecule has 59 heavy (non-hydrogen) atoms. The van der Waals surface area contributed by atoms with Crippen LogP contribution in [0.15, 0.2) is 35.3 Å². The van der Waals surface area contributed by atoms with Crippen LogP contribution in [0.1, 0.15) is 98.0 Å². The number of carbonyl (C=O) groups is 7. The van der Waals surface area contributed by atoms with Crippen LogP contribution >= 0.6 is 0 Å². The molecule has 0 fully saturated rings. The molecule has 0 bridgehead atoms. The van der Waals surface area contributed by atoms with Crippen molar-refractivity contribution in [2.75, 3.05) is 26.2 Å². The van der Waals surface area contributed by atoms with Crippen molar-refractivity contribution in [2.24, 2.45) is 39.3 Å². The number of nitrogens with two attached hydrogens (primary N) is 4. The number of guanidine groups is 1. The van der Waals surface area contributed by atoms with Crippen LogP contribution in [0.5, 0.6) is 0 Å². The second-order valence-electron chi connectivity index (χ2n) is 16.0. The average Bonchev–Trinajstić information content (AvgIpc) is 3.16. The first-order valence-corrected chi connectivity index (χ1v) is 20.3. The molecule has 1 aromatic rings. The molecule has 0 radical (unpaired) electrons. The van der Waals surface area contributed by atoms with Crippen LogP contribution in [0, 0.1) is 11.3 Å². The highest BCUT2D eigenvalue weighted by Gasteiger charge is 2.33. The summed E-state index contributed by atoms with van der Waals surface area (Å²) in [4.78, 5) is 96.8. The number of aliphatic carboxylic acids is 1. The Labute approximate surface area is 347 Å². The third-order valence-electron chi connectivity index (χ3n) is 9.08. The molecule has 0 saturated carbocycles. The first-order chi connectivity index (χ1) is 27.8. The highest BCUT2D eigenvalue weighted by atomic mass is 16.4. The minimum absolute atomic E-state index is 0.0439.